The Kier molecular flexibility index (Phi) is 6.01. The number of hydrogen-bond donors (Lipinski definition) is 1. The first-order valence-electron chi connectivity index (χ1n) is 9.72. The fraction of sp³-hybridized carbons (Fsp3) is 0.217. The van der Waals surface area contributed by atoms with Crippen LogP contribution in [0.3, 0.4) is 0 Å². The largest absolute Gasteiger partial charge is 0.487 e. The number of amides is 1. The minimum Gasteiger partial charge on any atom is -0.487 e. The zero-order valence-electron chi connectivity index (χ0n) is 16.8. The van der Waals surface area contributed by atoms with Gasteiger partial charge in [-0.25, -0.2) is 17.6 Å². The summed E-state index contributed by atoms with van der Waals surface area (Å²) in [6.07, 6.45) is -0.879. The standard InChI is InChI=1S/C23H17F4NO3S/c1-11(29)19-4-5-20(32-19)16-8-13(24)6-12-7-14(31-23(12)16)10-28-21(30)9-15-17(25)2-3-18(26)22(15)27/h2-6,8,14H,7,9-10H2,1H3,(H,28,30). The lowest BCUT2D eigenvalue weighted by Gasteiger charge is -2.13. The summed E-state index contributed by atoms with van der Waals surface area (Å²) in [6.45, 7) is 1.46. The molecule has 1 aliphatic heterocycles. The number of hydrogen-bond acceptors (Lipinski definition) is 4. The number of Topliss-reactive ketones (excluding diaryl/α,β-unsaturated/α-hetero) is 1. The van der Waals surface area contributed by atoms with Gasteiger partial charge in [0.25, 0.3) is 0 Å². The van der Waals surface area contributed by atoms with E-state index < -0.39 is 47.3 Å². The molecular formula is C23H17F4NO3S. The molecular weight excluding hydrogens is 446 g/mol. The molecule has 32 heavy (non-hydrogen) atoms. The molecule has 0 spiro atoms. The van der Waals surface area contributed by atoms with Crippen LogP contribution in [-0.2, 0) is 17.6 Å². The predicted octanol–water partition coefficient (Wildman–Crippen LogP) is 4.84. The molecule has 4 rings (SSSR count). The van der Waals surface area contributed by atoms with Crippen LogP contribution in [0.1, 0.15) is 27.7 Å². The SMILES string of the molecule is CC(=O)c1ccc(-c2cc(F)cc3c2OC(CNC(=O)Cc2c(F)ccc(F)c2F)C3)s1. The molecule has 0 radical (unpaired) electrons. The topological polar surface area (TPSA) is 55.4 Å². The highest BCUT2D eigenvalue weighted by molar-refractivity contribution is 7.17. The second-order valence-electron chi connectivity index (χ2n) is 7.41. The lowest BCUT2D eigenvalue weighted by Crippen LogP contribution is -2.35. The fourth-order valence-corrected chi connectivity index (χ4v) is 4.46. The molecule has 3 aromatic rings. The number of ether oxygens (including phenoxy) is 1. The van der Waals surface area contributed by atoms with Crippen LogP contribution in [0.5, 0.6) is 5.75 Å². The van der Waals surface area contributed by atoms with Crippen molar-refractivity contribution in [3.63, 3.8) is 0 Å². The van der Waals surface area contributed by atoms with Crippen LogP contribution in [0.4, 0.5) is 17.6 Å². The molecule has 0 saturated carbocycles. The molecule has 1 amide bonds. The Labute approximate surface area is 184 Å². The lowest BCUT2D eigenvalue weighted by atomic mass is 10.0. The molecule has 0 aliphatic carbocycles. The van der Waals surface area contributed by atoms with Crippen LogP contribution >= 0.6 is 11.3 Å². The van der Waals surface area contributed by atoms with Crippen LogP contribution in [0, 0.1) is 23.3 Å². The Morgan fingerprint density at radius 3 is 2.56 bits per heavy atom. The number of thiophene rings is 1. The summed E-state index contributed by atoms with van der Waals surface area (Å²) in [5, 5.41) is 2.52. The van der Waals surface area contributed by atoms with Gasteiger partial charge in [0.2, 0.25) is 5.91 Å². The Bertz CT molecular complexity index is 1220. The van der Waals surface area contributed by atoms with Gasteiger partial charge in [-0.3, -0.25) is 9.59 Å². The van der Waals surface area contributed by atoms with Crippen LogP contribution in [0.15, 0.2) is 36.4 Å². The maximum absolute atomic E-state index is 14.2. The maximum atomic E-state index is 14.2. The van der Waals surface area contributed by atoms with Crippen molar-refractivity contribution in [2.45, 2.75) is 25.9 Å². The molecule has 4 nitrogen and oxygen atoms in total. The van der Waals surface area contributed by atoms with Crippen molar-refractivity contribution in [3.05, 3.63) is 75.7 Å². The number of fused-ring (bicyclic) bond motifs is 1. The van der Waals surface area contributed by atoms with E-state index in [-0.39, 0.29) is 12.3 Å². The van der Waals surface area contributed by atoms with Crippen LogP contribution in [-0.4, -0.2) is 24.3 Å². The van der Waals surface area contributed by atoms with Crippen LogP contribution < -0.4 is 10.1 Å². The highest BCUT2D eigenvalue weighted by Gasteiger charge is 2.28. The third kappa shape index (κ3) is 4.38. The molecule has 1 aliphatic rings. The molecule has 2 aromatic carbocycles. The molecule has 0 saturated heterocycles. The molecule has 0 bridgehead atoms. The van der Waals surface area contributed by atoms with Gasteiger partial charge in [0.15, 0.2) is 17.4 Å². The number of halogens is 4. The first-order valence-corrected chi connectivity index (χ1v) is 10.5. The second-order valence-corrected chi connectivity index (χ2v) is 8.49. The number of nitrogens with one attached hydrogen (secondary N) is 1. The van der Waals surface area contributed by atoms with E-state index in [1.807, 2.05) is 0 Å². The summed E-state index contributed by atoms with van der Waals surface area (Å²) < 4.78 is 60.9. The second kappa shape index (κ2) is 8.74. The summed E-state index contributed by atoms with van der Waals surface area (Å²) in [6, 6.07) is 7.46. The molecule has 1 atom stereocenters. The number of benzene rings is 2. The molecule has 1 unspecified atom stereocenters. The Morgan fingerprint density at radius 2 is 1.84 bits per heavy atom. The van der Waals surface area contributed by atoms with Crippen molar-refractivity contribution in [3.8, 4) is 16.2 Å². The van der Waals surface area contributed by atoms with E-state index in [0.717, 1.165) is 6.07 Å². The smallest absolute Gasteiger partial charge is 0.224 e. The minimum absolute atomic E-state index is 0.0102. The highest BCUT2D eigenvalue weighted by Crippen LogP contribution is 2.42. The Morgan fingerprint density at radius 1 is 1.09 bits per heavy atom. The zero-order chi connectivity index (χ0) is 23.0. The lowest BCUT2D eigenvalue weighted by molar-refractivity contribution is -0.120. The van der Waals surface area contributed by atoms with Gasteiger partial charge in [0, 0.05) is 28.0 Å². The van der Waals surface area contributed by atoms with Crippen LogP contribution in [0.2, 0.25) is 0 Å². The summed E-state index contributed by atoms with van der Waals surface area (Å²) >= 11 is 1.23. The van der Waals surface area contributed by atoms with Gasteiger partial charge in [-0.15, -0.1) is 11.3 Å². The minimum atomic E-state index is -1.40. The van der Waals surface area contributed by atoms with Crippen molar-refractivity contribution in [1.29, 1.82) is 0 Å². The van der Waals surface area contributed by atoms with Gasteiger partial charge in [-0.05, 0) is 43.3 Å². The molecule has 2 heterocycles. The molecule has 0 fully saturated rings. The molecule has 9 heteroatoms. The third-order valence-corrected chi connectivity index (χ3v) is 6.30. The Hall–Kier alpha value is -3.20. The summed E-state index contributed by atoms with van der Waals surface area (Å²) in [7, 11) is 0. The number of carbonyl (C=O) groups is 2. The van der Waals surface area contributed by atoms with E-state index in [4.69, 9.17) is 4.74 Å². The van der Waals surface area contributed by atoms with E-state index >= 15 is 0 Å². The monoisotopic (exact) mass is 463 g/mol. The normalized spacial score (nSPS) is 14.7. The predicted molar refractivity (Wildman–Crippen MR) is 111 cm³/mol. The summed E-state index contributed by atoms with van der Waals surface area (Å²) in [5.41, 5.74) is 0.468. The molecule has 1 N–H and O–H groups in total. The first kappa shape index (κ1) is 22.0. The van der Waals surface area contributed by atoms with Gasteiger partial charge < -0.3 is 10.1 Å². The zero-order valence-corrected chi connectivity index (χ0v) is 17.6. The quantitative estimate of drug-likeness (QED) is 0.324. The van der Waals surface area contributed by atoms with Gasteiger partial charge in [-0.1, -0.05) is 0 Å². The molecule has 1 aromatic heterocycles. The summed E-state index contributed by atoms with van der Waals surface area (Å²) in [4.78, 5) is 24.9. The van der Waals surface area contributed by atoms with E-state index in [9.17, 15) is 27.2 Å². The van der Waals surface area contributed by atoms with Crippen molar-refractivity contribution in [2.75, 3.05) is 6.54 Å². The van der Waals surface area contributed by atoms with Gasteiger partial charge in [-0.2, -0.15) is 0 Å². The first-order chi connectivity index (χ1) is 15.2. The van der Waals surface area contributed by atoms with Crippen molar-refractivity contribution < 1.29 is 31.9 Å². The van der Waals surface area contributed by atoms with Crippen LogP contribution in [0.25, 0.3) is 10.4 Å². The average molecular weight is 463 g/mol. The molecule has 166 valence electrons. The van der Waals surface area contributed by atoms with Crippen molar-refractivity contribution in [2.24, 2.45) is 0 Å². The Balaban J connectivity index is 1.45. The van der Waals surface area contributed by atoms with Gasteiger partial charge in [0.05, 0.1) is 17.8 Å². The van der Waals surface area contributed by atoms with Gasteiger partial charge in [0.1, 0.15) is 23.5 Å². The number of carbonyl (C=O) groups excluding carboxylic acids is 2. The highest BCUT2D eigenvalue weighted by atomic mass is 32.1. The van der Waals surface area contributed by atoms with E-state index in [0.29, 0.717) is 39.1 Å². The van der Waals surface area contributed by atoms with E-state index in [1.165, 1.54) is 30.4 Å². The number of rotatable bonds is 6. The van der Waals surface area contributed by atoms with Crippen molar-refractivity contribution in [1.82, 2.24) is 5.32 Å². The van der Waals surface area contributed by atoms with E-state index in [1.54, 1.807) is 12.1 Å². The maximum Gasteiger partial charge on any atom is 0.224 e. The van der Waals surface area contributed by atoms with E-state index in [2.05, 4.69) is 5.32 Å². The summed E-state index contributed by atoms with van der Waals surface area (Å²) in [5.74, 6) is -4.44. The van der Waals surface area contributed by atoms with Gasteiger partial charge >= 0.3 is 0 Å². The van der Waals surface area contributed by atoms with Crippen molar-refractivity contribution >= 4 is 23.0 Å². The number of ketones is 1. The third-order valence-electron chi connectivity index (χ3n) is 5.08. The fourth-order valence-electron chi connectivity index (χ4n) is 3.55. The average Bonchev–Trinajstić information content (AvgIpc) is 3.39.